The molecule has 2 heterocycles. The van der Waals surface area contributed by atoms with Crippen LogP contribution in [0.3, 0.4) is 0 Å². The number of hydrogen-bond donors (Lipinski definition) is 1. The van der Waals surface area contributed by atoms with Crippen molar-refractivity contribution in [2.24, 2.45) is 0 Å². The highest BCUT2D eigenvalue weighted by Crippen LogP contribution is 2.31. The molecular weight excluding hydrogens is 248 g/mol. The Kier molecular flexibility index (Phi) is 3.07. The molecule has 3 nitrogen and oxygen atoms in total. The van der Waals surface area contributed by atoms with E-state index >= 15 is 0 Å². The van der Waals surface area contributed by atoms with Crippen LogP contribution in [-0.2, 0) is 0 Å². The van der Waals surface area contributed by atoms with Crippen molar-refractivity contribution in [2.45, 2.75) is 26.9 Å². The molecule has 0 aliphatic heterocycles. The molecular formula is C17H18N2O. The zero-order chi connectivity index (χ0) is 14.3. The summed E-state index contributed by atoms with van der Waals surface area (Å²) in [6.07, 6.45) is 1.38. The molecule has 0 fully saturated rings. The van der Waals surface area contributed by atoms with Crippen molar-refractivity contribution in [1.82, 2.24) is 9.38 Å². The van der Waals surface area contributed by atoms with E-state index in [0.29, 0.717) is 0 Å². The Labute approximate surface area is 118 Å². The van der Waals surface area contributed by atoms with E-state index < -0.39 is 6.10 Å². The summed E-state index contributed by atoms with van der Waals surface area (Å²) in [4.78, 5) is 4.70. The van der Waals surface area contributed by atoms with Gasteiger partial charge in [-0.2, -0.15) is 0 Å². The van der Waals surface area contributed by atoms with Gasteiger partial charge in [0.2, 0.25) is 0 Å². The molecule has 0 aliphatic rings. The molecule has 0 aliphatic carbocycles. The quantitative estimate of drug-likeness (QED) is 0.768. The molecule has 0 radical (unpaired) electrons. The zero-order valence-corrected chi connectivity index (χ0v) is 12.0. The molecule has 1 unspecified atom stereocenters. The number of aliphatic hydroxyl groups excluding tert-OH is 1. The Bertz CT molecular complexity index is 772. The summed E-state index contributed by atoms with van der Waals surface area (Å²) in [7, 11) is 0. The van der Waals surface area contributed by atoms with Crippen LogP contribution < -0.4 is 0 Å². The average molecular weight is 266 g/mol. The Morgan fingerprint density at radius 3 is 2.65 bits per heavy atom. The van der Waals surface area contributed by atoms with Crippen LogP contribution in [0.4, 0.5) is 0 Å². The second-order valence-electron chi connectivity index (χ2n) is 5.27. The van der Waals surface area contributed by atoms with Crippen LogP contribution in [0, 0.1) is 13.8 Å². The van der Waals surface area contributed by atoms with Gasteiger partial charge in [0, 0.05) is 11.8 Å². The van der Waals surface area contributed by atoms with Gasteiger partial charge in [-0.15, -0.1) is 0 Å². The van der Waals surface area contributed by atoms with E-state index in [2.05, 4.69) is 32.0 Å². The fourth-order valence-corrected chi connectivity index (χ4v) is 2.69. The van der Waals surface area contributed by atoms with Crippen LogP contribution in [0.5, 0.6) is 0 Å². The van der Waals surface area contributed by atoms with Crippen molar-refractivity contribution in [3.8, 4) is 11.3 Å². The van der Waals surface area contributed by atoms with E-state index in [1.807, 2.05) is 28.8 Å². The maximum atomic E-state index is 10.1. The minimum Gasteiger partial charge on any atom is -0.387 e. The summed E-state index contributed by atoms with van der Waals surface area (Å²) < 4.78 is 1.96. The summed E-state index contributed by atoms with van der Waals surface area (Å²) in [6, 6.07) is 12.2. The van der Waals surface area contributed by atoms with Crippen molar-refractivity contribution in [3.63, 3.8) is 0 Å². The maximum Gasteiger partial charge on any atom is 0.137 e. The molecule has 1 N–H and O–H groups in total. The first kappa shape index (κ1) is 12.9. The van der Waals surface area contributed by atoms with Crippen LogP contribution in [0.2, 0.25) is 0 Å². The zero-order valence-electron chi connectivity index (χ0n) is 12.0. The smallest absolute Gasteiger partial charge is 0.137 e. The van der Waals surface area contributed by atoms with Gasteiger partial charge in [0.1, 0.15) is 5.65 Å². The van der Waals surface area contributed by atoms with Gasteiger partial charge in [-0.05, 0) is 38.5 Å². The van der Waals surface area contributed by atoms with Crippen molar-refractivity contribution in [1.29, 1.82) is 0 Å². The Morgan fingerprint density at radius 2 is 1.95 bits per heavy atom. The van der Waals surface area contributed by atoms with E-state index in [4.69, 9.17) is 4.98 Å². The highest BCUT2D eigenvalue weighted by Gasteiger charge is 2.18. The lowest BCUT2D eigenvalue weighted by molar-refractivity contribution is 0.194. The van der Waals surface area contributed by atoms with Gasteiger partial charge in [0.05, 0.1) is 17.5 Å². The van der Waals surface area contributed by atoms with Crippen molar-refractivity contribution < 1.29 is 5.11 Å². The highest BCUT2D eigenvalue weighted by atomic mass is 16.3. The monoisotopic (exact) mass is 266 g/mol. The minimum absolute atomic E-state index is 0.567. The molecule has 3 heteroatoms. The number of rotatable bonds is 2. The number of aromatic nitrogens is 2. The normalized spacial score (nSPS) is 12.8. The van der Waals surface area contributed by atoms with Crippen LogP contribution in [0.1, 0.15) is 29.8 Å². The number of hydrogen-bond acceptors (Lipinski definition) is 2. The summed E-state index contributed by atoms with van der Waals surface area (Å²) >= 11 is 0. The van der Waals surface area contributed by atoms with Gasteiger partial charge in [-0.1, -0.05) is 29.8 Å². The topological polar surface area (TPSA) is 37.5 Å². The molecule has 102 valence electrons. The predicted molar refractivity (Wildman–Crippen MR) is 80.7 cm³/mol. The second-order valence-corrected chi connectivity index (χ2v) is 5.27. The third-order valence-electron chi connectivity index (χ3n) is 3.60. The van der Waals surface area contributed by atoms with Gasteiger partial charge >= 0.3 is 0 Å². The molecule has 0 amide bonds. The number of fused-ring (bicyclic) bond motifs is 1. The lowest BCUT2D eigenvalue weighted by Gasteiger charge is -2.10. The molecule has 1 aromatic carbocycles. The van der Waals surface area contributed by atoms with Gasteiger partial charge < -0.3 is 9.51 Å². The summed E-state index contributed by atoms with van der Waals surface area (Å²) in [5.74, 6) is 0. The van der Waals surface area contributed by atoms with Crippen LogP contribution in [-0.4, -0.2) is 14.5 Å². The minimum atomic E-state index is -0.567. The summed E-state index contributed by atoms with van der Waals surface area (Å²) in [5, 5.41) is 10.1. The molecule has 0 saturated heterocycles. The fraction of sp³-hybridized carbons (Fsp3) is 0.235. The fourth-order valence-electron chi connectivity index (χ4n) is 2.69. The molecule has 0 bridgehead atoms. The number of aliphatic hydroxyl groups is 1. The van der Waals surface area contributed by atoms with Gasteiger partial charge in [-0.25, -0.2) is 4.98 Å². The van der Waals surface area contributed by atoms with Crippen LogP contribution in [0.25, 0.3) is 16.9 Å². The Hall–Kier alpha value is -2.13. The largest absolute Gasteiger partial charge is 0.387 e. The van der Waals surface area contributed by atoms with Crippen molar-refractivity contribution in [2.75, 3.05) is 0 Å². The molecule has 1 atom stereocenters. The first-order valence-electron chi connectivity index (χ1n) is 6.80. The van der Waals surface area contributed by atoms with Gasteiger partial charge in [0.15, 0.2) is 0 Å². The molecule has 20 heavy (non-hydrogen) atoms. The van der Waals surface area contributed by atoms with E-state index in [1.165, 1.54) is 11.1 Å². The molecule has 3 aromatic rings. The Morgan fingerprint density at radius 1 is 1.15 bits per heavy atom. The van der Waals surface area contributed by atoms with E-state index in [-0.39, 0.29) is 0 Å². The van der Waals surface area contributed by atoms with Gasteiger partial charge in [0.25, 0.3) is 0 Å². The standard InChI is InChI=1S/C17H18N2O/c1-11-7-8-14(12(2)10-11)16-17(13(3)20)19-9-5-4-6-15(19)18-16/h4-10,13,20H,1-3H3. The highest BCUT2D eigenvalue weighted by molar-refractivity contribution is 5.70. The molecule has 0 saturated carbocycles. The second kappa shape index (κ2) is 4.76. The van der Waals surface area contributed by atoms with Crippen LogP contribution >= 0.6 is 0 Å². The third-order valence-corrected chi connectivity index (χ3v) is 3.60. The third kappa shape index (κ3) is 2.00. The summed E-state index contributed by atoms with van der Waals surface area (Å²) in [6.45, 7) is 5.94. The first-order chi connectivity index (χ1) is 9.58. The molecule has 0 spiro atoms. The lowest BCUT2D eigenvalue weighted by Crippen LogP contribution is -1.99. The number of aryl methyl sites for hydroxylation is 2. The van der Waals surface area contributed by atoms with Gasteiger partial charge in [-0.3, -0.25) is 0 Å². The number of pyridine rings is 1. The van der Waals surface area contributed by atoms with E-state index in [0.717, 1.165) is 22.6 Å². The van der Waals surface area contributed by atoms with E-state index in [9.17, 15) is 5.11 Å². The number of nitrogens with zero attached hydrogens (tertiary/aromatic N) is 2. The predicted octanol–water partition coefficient (Wildman–Crippen LogP) is 3.67. The molecule has 2 aromatic heterocycles. The SMILES string of the molecule is Cc1ccc(-c2nc3ccccn3c2C(C)O)c(C)c1. The number of benzene rings is 1. The number of imidazole rings is 1. The lowest BCUT2D eigenvalue weighted by atomic mass is 10.0. The van der Waals surface area contributed by atoms with E-state index in [1.54, 1.807) is 6.92 Å². The summed E-state index contributed by atoms with van der Waals surface area (Å²) in [5.41, 5.74) is 6.05. The van der Waals surface area contributed by atoms with Crippen LogP contribution in [0.15, 0.2) is 42.6 Å². The van der Waals surface area contributed by atoms with Crippen molar-refractivity contribution in [3.05, 3.63) is 59.4 Å². The molecule has 3 rings (SSSR count). The van der Waals surface area contributed by atoms with Crippen molar-refractivity contribution >= 4 is 5.65 Å². The maximum absolute atomic E-state index is 10.1. The first-order valence-corrected chi connectivity index (χ1v) is 6.80. The Balaban J connectivity index is 2.32. The average Bonchev–Trinajstić information content (AvgIpc) is 2.77.